The van der Waals surface area contributed by atoms with Gasteiger partial charge in [-0.3, -0.25) is 0 Å². The maximum atomic E-state index is 5.87. The van der Waals surface area contributed by atoms with Crippen molar-refractivity contribution in [2.75, 3.05) is 18.2 Å². The number of rotatable bonds is 6. The van der Waals surface area contributed by atoms with Gasteiger partial charge in [-0.25, -0.2) is 9.97 Å². The van der Waals surface area contributed by atoms with E-state index in [1.54, 1.807) is 13.4 Å². The van der Waals surface area contributed by atoms with E-state index in [1.165, 1.54) is 11.8 Å². The number of thioether (sulfide) groups is 1. The summed E-state index contributed by atoms with van der Waals surface area (Å²) in [5.74, 6) is 2.24. The van der Waals surface area contributed by atoms with Crippen LogP contribution in [0.2, 0.25) is 0 Å². The molecule has 0 unspecified atom stereocenters. The van der Waals surface area contributed by atoms with Crippen LogP contribution in [0.4, 0.5) is 17.6 Å². The van der Waals surface area contributed by atoms with Crippen LogP contribution >= 0.6 is 11.8 Å². The van der Waals surface area contributed by atoms with Gasteiger partial charge in [-0.1, -0.05) is 42.1 Å². The summed E-state index contributed by atoms with van der Waals surface area (Å²) in [4.78, 5) is 21.5. The van der Waals surface area contributed by atoms with E-state index in [0.717, 1.165) is 21.6 Å². The fourth-order valence-electron chi connectivity index (χ4n) is 2.65. The highest BCUT2D eigenvalue weighted by atomic mass is 32.2. The number of anilines is 3. The molecule has 0 amide bonds. The van der Waals surface area contributed by atoms with Gasteiger partial charge in [0, 0.05) is 5.39 Å². The SMILES string of the molecule is COc1ccccc1Nc1nc(N)nc(CSc2ncnc3ccccc23)n1. The highest BCUT2D eigenvalue weighted by Gasteiger charge is 2.10. The van der Waals surface area contributed by atoms with Gasteiger partial charge in [-0.05, 0) is 18.2 Å². The average Bonchev–Trinajstić information content (AvgIpc) is 2.72. The Hall–Kier alpha value is -3.46. The van der Waals surface area contributed by atoms with Crippen molar-refractivity contribution in [1.29, 1.82) is 0 Å². The number of ether oxygens (including phenoxy) is 1. The molecule has 140 valence electrons. The monoisotopic (exact) mass is 391 g/mol. The van der Waals surface area contributed by atoms with E-state index in [9.17, 15) is 0 Å². The van der Waals surface area contributed by atoms with Crippen molar-refractivity contribution in [2.45, 2.75) is 10.8 Å². The van der Waals surface area contributed by atoms with Crippen molar-refractivity contribution in [3.63, 3.8) is 0 Å². The Bertz CT molecular complexity index is 1120. The molecule has 0 radical (unpaired) electrons. The molecule has 9 heteroatoms. The van der Waals surface area contributed by atoms with Crippen LogP contribution in [0.1, 0.15) is 5.82 Å². The fourth-order valence-corrected chi connectivity index (χ4v) is 3.50. The zero-order chi connectivity index (χ0) is 19.3. The summed E-state index contributed by atoms with van der Waals surface area (Å²) < 4.78 is 5.34. The van der Waals surface area contributed by atoms with Gasteiger partial charge < -0.3 is 15.8 Å². The van der Waals surface area contributed by atoms with Crippen LogP contribution in [0.25, 0.3) is 10.9 Å². The fraction of sp³-hybridized carbons (Fsp3) is 0.105. The van der Waals surface area contributed by atoms with Crippen LogP contribution < -0.4 is 15.8 Å². The Morgan fingerprint density at radius 3 is 2.71 bits per heavy atom. The predicted octanol–water partition coefficient (Wildman–Crippen LogP) is 3.44. The zero-order valence-electron chi connectivity index (χ0n) is 15.0. The van der Waals surface area contributed by atoms with Crippen LogP contribution in [0.5, 0.6) is 5.75 Å². The number of nitrogen functional groups attached to an aromatic ring is 1. The van der Waals surface area contributed by atoms with E-state index in [4.69, 9.17) is 10.5 Å². The van der Waals surface area contributed by atoms with Crippen LogP contribution in [-0.4, -0.2) is 32.0 Å². The first-order valence-electron chi connectivity index (χ1n) is 8.46. The molecular formula is C19H17N7OS. The number of para-hydroxylation sites is 3. The highest BCUT2D eigenvalue weighted by Crippen LogP contribution is 2.28. The Morgan fingerprint density at radius 1 is 1.00 bits per heavy atom. The van der Waals surface area contributed by atoms with Gasteiger partial charge in [0.1, 0.15) is 22.9 Å². The molecule has 2 aromatic heterocycles. The summed E-state index contributed by atoms with van der Waals surface area (Å²) >= 11 is 1.52. The lowest BCUT2D eigenvalue weighted by Crippen LogP contribution is -2.07. The first-order chi connectivity index (χ1) is 13.7. The lowest BCUT2D eigenvalue weighted by atomic mass is 10.2. The molecule has 0 aliphatic heterocycles. The van der Waals surface area contributed by atoms with E-state index in [0.29, 0.717) is 23.3 Å². The van der Waals surface area contributed by atoms with Crippen molar-refractivity contribution < 1.29 is 4.74 Å². The molecule has 0 fully saturated rings. The molecule has 4 aromatic rings. The number of nitrogens with two attached hydrogens (primary N) is 1. The molecule has 0 aliphatic rings. The largest absolute Gasteiger partial charge is 0.495 e. The smallest absolute Gasteiger partial charge is 0.232 e. The van der Waals surface area contributed by atoms with Crippen molar-refractivity contribution in [1.82, 2.24) is 24.9 Å². The van der Waals surface area contributed by atoms with E-state index in [2.05, 4.69) is 30.2 Å². The number of methoxy groups -OCH3 is 1. The summed E-state index contributed by atoms with van der Waals surface area (Å²) in [6.45, 7) is 0. The summed E-state index contributed by atoms with van der Waals surface area (Å²) in [7, 11) is 1.61. The average molecular weight is 391 g/mol. The second-order valence-corrected chi connectivity index (χ2v) is 6.71. The second kappa shape index (κ2) is 8.05. The Morgan fingerprint density at radius 2 is 1.82 bits per heavy atom. The van der Waals surface area contributed by atoms with Crippen LogP contribution in [-0.2, 0) is 5.75 Å². The lowest BCUT2D eigenvalue weighted by molar-refractivity contribution is 0.417. The van der Waals surface area contributed by atoms with Gasteiger partial charge in [-0.2, -0.15) is 15.0 Å². The van der Waals surface area contributed by atoms with Crippen LogP contribution in [0.15, 0.2) is 59.9 Å². The number of benzene rings is 2. The first kappa shape index (κ1) is 17.9. The number of hydrogen-bond acceptors (Lipinski definition) is 9. The zero-order valence-corrected chi connectivity index (χ0v) is 15.8. The second-order valence-electron chi connectivity index (χ2n) is 5.74. The van der Waals surface area contributed by atoms with Crippen LogP contribution in [0, 0.1) is 0 Å². The number of nitrogens with one attached hydrogen (secondary N) is 1. The molecule has 28 heavy (non-hydrogen) atoms. The minimum atomic E-state index is 0.149. The first-order valence-corrected chi connectivity index (χ1v) is 9.44. The normalized spacial score (nSPS) is 10.8. The molecule has 0 bridgehead atoms. The third-order valence-corrected chi connectivity index (χ3v) is 4.90. The van der Waals surface area contributed by atoms with Crippen molar-refractivity contribution in [3.8, 4) is 5.75 Å². The van der Waals surface area contributed by atoms with Crippen molar-refractivity contribution in [2.24, 2.45) is 0 Å². The number of hydrogen-bond donors (Lipinski definition) is 2. The molecule has 3 N–H and O–H groups in total. The maximum Gasteiger partial charge on any atom is 0.232 e. The number of fused-ring (bicyclic) bond motifs is 1. The molecule has 8 nitrogen and oxygen atoms in total. The molecule has 0 atom stereocenters. The predicted molar refractivity (Wildman–Crippen MR) is 110 cm³/mol. The number of nitrogens with zero attached hydrogens (tertiary/aromatic N) is 5. The van der Waals surface area contributed by atoms with Crippen molar-refractivity contribution >= 4 is 40.2 Å². The highest BCUT2D eigenvalue weighted by molar-refractivity contribution is 7.98. The van der Waals surface area contributed by atoms with Gasteiger partial charge in [0.05, 0.1) is 24.1 Å². The van der Waals surface area contributed by atoms with Gasteiger partial charge in [0.2, 0.25) is 11.9 Å². The standard InChI is InChI=1S/C19H17N7OS/c1-27-15-9-5-4-8-14(15)23-19-25-16(24-18(20)26-19)10-28-17-12-6-2-3-7-13(12)21-11-22-17/h2-9,11H,10H2,1H3,(H3,20,23,24,25,26). The molecule has 2 aromatic carbocycles. The van der Waals surface area contributed by atoms with Gasteiger partial charge in [-0.15, -0.1) is 0 Å². The Labute approximate surface area is 165 Å². The molecular weight excluding hydrogens is 374 g/mol. The molecule has 4 rings (SSSR count). The van der Waals surface area contributed by atoms with E-state index in [1.807, 2.05) is 48.5 Å². The minimum absolute atomic E-state index is 0.149. The molecule has 2 heterocycles. The molecule has 0 saturated heterocycles. The van der Waals surface area contributed by atoms with Gasteiger partial charge in [0.25, 0.3) is 0 Å². The van der Waals surface area contributed by atoms with E-state index < -0.39 is 0 Å². The molecule has 0 saturated carbocycles. The lowest BCUT2D eigenvalue weighted by Gasteiger charge is -2.10. The maximum absolute atomic E-state index is 5.87. The topological polar surface area (TPSA) is 112 Å². The van der Waals surface area contributed by atoms with E-state index >= 15 is 0 Å². The third-order valence-electron chi connectivity index (χ3n) is 3.90. The Balaban J connectivity index is 1.55. The molecule has 0 spiro atoms. The number of aromatic nitrogens is 5. The van der Waals surface area contributed by atoms with Gasteiger partial charge in [0.15, 0.2) is 0 Å². The van der Waals surface area contributed by atoms with Crippen LogP contribution in [0.3, 0.4) is 0 Å². The third kappa shape index (κ3) is 3.94. The summed E-state index contributed by atoms with van der Waals surface area (Å²) in [5, 5.41) is 4.99. The molecule has 0 aliphatic carbocycles. The quantitative estimate of drug-likeness (QED) is 0.377. The summed E-state index contributed by atoms with van der Waals surface area (Å²) in [6, 6.07) is 15.4. The van der Waals surface area contributed by atoms with Gasteiger partial charge >= 0.3 is 0 Å². The summed E-state index contributed by atoms with van der Waals surface area (Å²) in [5.41, 5.74) is 7.52. The summed E-state index contributed by atoms with van der Waals surface area (Å²) in [6.07, 6.45) is 1.56. The van der Waals surface area contributed by atoms with E-state index in [-0.39, 0.29) is 5.95 Å². The Kier molecular flexibility index (Phi) is 5.16. The van der Waals surface area contributed by atoms with Crippen molar-refractivity contribution in [3.05, 3.63) is 60.7 Å². The minimum Gasteiger partial charge on any atom is -0.495 e.